The average molecular weight is 318 g/mol. The van der Waals surface area contributed by atoms with Crippen LogP contribution in [0.15, 0.2) is 0 Å². The molecule has 9 heteroatoms. The maximum absolute atomic E-state index is 11.5. The van der Waals surface area contributed by atoms with Crippen molar-refractivity contribution >= 4 is 15.2 Å². The van der Waals surface area contributed by atoms with Crippen LogP contribution in [0.25, 0.3) is 0 Å². The smallest absolute Gasteiger partial charge is 0.330 e. The third-order valence-corrected chi connectivity index (χ3v) is 4.79. The maximum atomic E-state index is 11.5. The first kappa shape index (κ1) is 19.3. The lowest BCUT2D eigenvalue weighted by molar-refractivity contribution is 0.143. The van der Waals surface area contributed by atoms with Crippen molar-refractivity contribution in [1.29, 1.82) is 0 Å². The highest BCUT2D eigenvalue weighted by Gasteiger charge is 2.22. The second-order valence-corrected chi connectivity index (χ2v) is 8.51. The zero-order valence-electron chi connectivity index (χ0n) is 11.8. The highest BCUT2D eigenvalue weighted by molar-refractivity contribution is 7.53. The molecule has 116 valence electrons. The Bertz CT molecular complexity index is 311. The zero-order valence-corrected chi connectivity index (χ0v) is 13.6. The molecule has 0 radical (unpaired) electrons. The summed E-state index contributed by atoms with van der Waals surface area (Å²) in [5, 5.41) is 0. The summed E-state index contributed by atoms with van der Waals surface area (Å²) in [6, 6.07) is 0. The normalized spacial score (nSPS) is 18.5. The largest absolute Gasteiger partial charge is 0.380 e. The Kier molecular flexibility index (Phi) is 8.64. The molecular formula is C10H24O7P2. The Balaban J connectivity index is 3.82. The molecule has 0 rings (SSSR count). The van der Waals surface area contributed by atoms with E-state index in [4.69, 9.17) is 13.8 Å². The van der Waals surface area contributed by atoms with E-state index in [9.17, 15) is 18.9 Å². The van der Waals surface area contributed by atoms with E-state index < -0.39 is 15.2 Å². The number of hydrogen-bond acceptors (Lipinski definition) is 5. The van der Waals surface area contributed by atoms with Crippen LogP contribution >= 0.6 is 15.2 Å². The fourth-order valence-electron chi connectivity index (χ4n) is 1.23. The lowest BCUT2D eigenvalue weighted by Crippen LogP contribution is -2.11. The Morgan fingerprint density at radius 2 is 1.16 bits per heavy atom. The van der Waals surface area contributed by atoms with Crippen molar-refractivity contribution in [2.45, 2.75) is 39.9 Å². The summed E-state index contributed by atoms with van der Waals surface area (Å²) in [6.07, 6.45) is -0.974. The topological polar surface area (TPSA) is 102 Å². The fourth-order valence-corrected chi connectivity index (χ4v) is 3.47. The summed E-state index contributed by atoms with van der Waals surface area (Å²) in [5.74, 6) is 0. The van der Waals surface area contributed by atoms with Crippen LogP contribution in [0.4, 0.5) is 0 Å². The quantitative estimate of drug-likeness (QED) is 0.470. The van der Waals surface area contributed by atoms with Gasteiger partial charge in [-0.05, 0) is 27.7 Å². The minimum absolute atomic E-state index is 0.0117. The molecule has 0 aromatic carbocycles. The number of rotatable bonds is 10. The van der Waals surface area contributed by atoms with E-state index in [1.54, 1.807) is 27.7 Å². The summed E-state index contributed by atoms with van der Waals surface area (Å²) in [6.45, 7) is 6.62. The van der Waals surface area contributed by atoms with Gasteiger partial charge in [0.2, 0.25) is 0 Å². The van der Waals surface area contributed by atoms with E-state index in [1.165, 1.54) is 0 Å². The summed E-state index contributed by atoms with van der Waals surface area (Å²) >= 11 is 0. The summed E-state index contributed by atoms with van der Waals surface area (Å²) in [5.41, 5.74) is 0. The molecule has 0 heterocycles. The van der Waals surface area contributed by atoms with Gasteiger partial charge in [0, 0.05) is 0 Å². The molecule has 0 aliphatic heterocycles. The van der Waals surface area contributed by atoms with Crippen molar-refractivity contribution in [2.24, 2.45) is 0 Å². The highest BCUT2D eigenvalue weighted by Crippen LogP contribution is 2.44. The molecule has 7 nitrogen and oxygen atoms in total. The van der Waals surface area contributed by atoms with Gasteiger partial charge in [0.1, 0.15) is 0 Å². The van der Waals surface area contributed by atoms with Gasteiger partial charge in [-0.2, -0.15) is 0 Å². The van der Waals surface area contributed by atoms with Crippen molar-refractivity contribution in [1.82, 2.24) is 0 Å². The summed E-state index contributed by atoms with van der Waals surface area (Å²) in [7, 11) is -7.28. The Hall–Kier alpha value is 0.260. The van der Waals surface area contributed by atoms with Crippen LogP contribution in [0.2, 0.25) is 0 Å². The Morgan fingerprint density at radius 1 is 0.842 bits per heavy atom. The second kappa shape index (κ2) is 8.53. The van der Waals surface area contributed by atoms with Crippen molar-refractivity contribution in [3.05, 3.63) is 0 Å². The second-order valence-electron chi connectivity index (χ2n) is 4.64. The monoisotopic (exact) mass is 318 g/mol. The SMILES string of the molecule is CC(C)OP(=O)(O)CCOCCP(=O)(O)OC(C)C. The minimum atomic E-state index is -3.64. The van der Waals surface area contributed by atoms with Gasteiger partial charge >= 0.3 is 15.2 Å². The van der Waals surface area contributed by atoms with Crippen molar-refractivity contribution in [3.63, 3.8) is 0 Å². The van der Waals surface area contributed by atoms with E-state index in [0.717, 1.165) is 0 Å². The first-order valence-corrected chi connectivity index (χ1v) is 9.65. The fraction of sp³-hybridized carbons (Fsp3) is 1.00. The van der Waals surface area contributed by atoms with Gasteiger partial charge in [0.25, 0.3) is 0 Å². The summed E-state index contributed by atoms with van der Waals surface area (Å²) < 4.78 is 37.6. The van der Waals surface area contributed by atoms with Crippen molar-refractivity contribution in [3.8, 4) is 0 Å². The lowest BCUT2D eigenvalue weighted by atomic mass is 10.5. The molecule has 0 saturated heterocycles. The molecule has 19 heavy (non-hydrogen) atoms. The van der Waals surface area contributed by atoms with E-state index >= 15 is 0 Å². The van der Waals surface area contributed by atoms with Gasteiger partial charge in [-0.1, -0.05) is 0 Å². The van der Waals surface area contributed by atoms with Gasteiger partial charge in [-0.15, -0.1) is 0 Å². The van der Waals surface area contributed by atoms with Crippen LogP contribution < -0.4 is 0 Å². The lowest BCUT2D eigenvalue weighted by Gasteiger charge is -2.16. The van der Waals surface area contributed by atoms with Gasteiger partial charge in [-0.3, -0.25) is 9.13 Å². The molecule has 2 atom stereocenters. The van der Waals surface area contributed by atoms with Gasteiger partial charge in [0.05, 0.1) is 37.7 Å². The van der Waals surface area contributed by atoms with Crippen molar-refractivity contribution < 1.29 is 32.7 Å². The third-order valence-electron chi connectivity index (χ3n) is 1.79. The van der Waals surface area contributed by atoms with E-state index in [2.05, 4.69) is 0 Å². The molecule has 0 bridgehead atoms. The van der Waals surface area contributed by atoms with Crippen LogP contribution in [0.3, 0.4) is 0 Å². The molecule has 2 unspecified atom stereocenters. The Labute approximate surface area is 114 Å². The Morgan fingerprint density at radius 3 is 1.42 bits per heavy atom. The summed E-state index contributed by atoms with van der Waals surface area (Å²) in [4.78, 5) is 18.8. The van der Waals surface area contributed by atoms with Crippen molar-refractivity contribution in [2.75, 3.05) is 25.5 Å². The maximum Gasteiger partial charge on any atom is 0.330 e. The van der Waals surface area contributed by atoms with Crippen LogP contribution in [0, 0.1) is 0 Å². The first-order chi connectivity index (χ1) is 8.54. The molecule has 0 amide bonds. The van der Waals surface area contributed by atoms with Crippen LogP contribution in [0.1, 0.15) is 27.7 Å². The van der Waals surface area contributed by atoms with E-state index in [0.29, 0.717) is 0 Å². The zero-order chi connectivity index (χ0) is 15.1. The molecule has 0 spiro atoms. The molecule has 0 aromatic heterocycles. The highest BCUT2D eigenvalue weighted by atomic mass is 31.2. The molecule has 2 N–H and O–H groups in total. The predicted molar refractivity (Wildman–Crippen MR) is 72.6 cm³/mol. The molecule has 0 aliphatic carbocycles. The van der Waals surface area contributed by atoms with Crippen LogP contribution in [-0.4, -0.2) is 47.5 Å². The van der Waals surface area contributed by atoms with E-state index in [1.807, 2.05) is 0 Å². The van der Waals surface area contributed by atoms with Gasteiger partial charge in [-0.25, -0.2) is 0 Å². The average Bonchev–Trinajstić information content (AvgIpc) is 2.11. The van der Waals surface area contributed by atoms with Gasteiger partial charge in [0.15, 0.2) is 0 Å². The molecule has 0 fully saturated rings. The number of hydrogen-bond donors (Lipinski definition) is 2. The third kappa shape index (κ3) is 11.8. The first-order valence-electron chi connectivity index (χ1n) is 6.12. The number of ether oxygens (including phenoxy) is 1. The van der Waals surface area contributed by atoms with Crippen LogP contribution in [-0.2, 0) is 22.9 Å². The molecule has 0 saturated carbocycles. The molecular weight excluding hydrogens is 294 g/mol. The van der Waals surface area contributed by atoms with Crippen LogP contribution in [0.5, 0.6) is 0 Å². The minimum Gasteiger partial charge on any atom is -0.380 e. The molecule has 0 aromatic rings. The predicted octanol–water partition coefficient (Wildman–Crippen LogP) is 2.22. The molecule has 0 aliphatic rings. The van der Waals surface area contributed by atoms with E-state index in [-0.39, 0.29) is 37.7 Å². The van der Waals surface area contributed by atoms with Gasteiger partial charge < -0.3 is 23.6 Å². The standard InChI is InChI=1S/C10H24O7P2/c1-9(2)16-18(11,12)7-5-15-6-8-19(13,14)17-10(3)4/h9-10H,5-8H2,1-4H3,(H,11,12)(H,13,14).